The Labute approximate surface area is 108 Å². The molecule has 0 aromatic heterocycles. The van der Waals surface area contributed by atoms with Gasteiger partial charge in [-0.15, -0.1) is 0 Å². The summed E-state index contributed by atoms with van der Waals surface area (Å²) >= 11 is 0. The second kappa shape index (κ2) is 7.13. The Morgan fingerprint density at radius 2 is 2.00 bits per heavy atom. The summed E-state index contributed by atoms with van der Waals surface area (Å²) in [4.78, 5) is 11.9. The first-order valence-corrected chi connectivity index (χ1v) is 6.31. The molecule has 0 fully saturated rings. The zero-order chi connectivity index (χ0) is 13.5. The molecule has 0 saturated heterocycles. The van der Waals surface area contributed by atoms with E-state index in [2.05, 4.69) is 5.32 Å². The van der Waals surface area contributed by atoms with Gasteiger partial charge in [-0.3, -0.25) is 4.79 Å². The summed E-state index contributed by atoms with van der Waals surface area (Å²) in [6.07, 6.45) is 0.851. The topological polar surface area (TPSA) is 75.4 Å². The van der Waals surface area contributed by atoms with Crippen LogP contribution in [0.25, 0.3) is 0 Å². The predicted octanol–water partition coefficient (Wildman–Crippen LogP) is 1.21. The molecule has 1 aromatic rings. The lowest BCUT2D eigenvalue weighted by molar-refractivity contribution is -0.124. The molecule has 1 amide bonds. The van der Waals surface area contributed by atoms with Crippen LogP contribution in [0.2, 0.25) is 0 Å². The van der Waals surface area contributed by atoms with Crippen molar-refractivity contribution >= 4 is 5.91 Å². The molecule has 0 saturated carbocycles. The standard InChI is InChI=1S/C14H22N2O2/c1-3-10(2)13(15)14(18)16-12(9-17)11-7-5-4-6-8-11/h4-8,10,12-13,17H,3,9,15H2,1-2H3,(H,16,18). The number of rotatable bonds is 6. The zero-order valence-corrected chi connectivity index (χ0v) is 11.0. The zero-order valence-electron chi connectivity index (χ0n) is 11.0. The van der Waals surface area contributed by atoms with Gasteiger partial charge in [-0.1, -0.05) is 50.6 Å². The van der Waals surface area contributed by atoms with Gasteiger partial charge in [-0.05, 0) is 11.5 Å². The fourth-order valence-electron chi connectivity index (χ4n) is 1.70. The first-order valence-electron chi connectivity index (χ1n) is 6.31. The highest BCUT2D eigenvalue weighted by atomic mass is 16.3. The normalized spacial score (nSPS) is 15.8. The highest BCUT2D eigenvalue weighted by Crippen LogP contribution is 2.13. The van der Waals surface area contributed by atoms with Crippen molar-refractivity contribution < 1.29 is 9.90 Å². The predicted molar refractivity (Wildman–Crippen MR) is 71.8 cm³/mol. The fourth-order valence-corrected chi connectivity index (χ4v) is 1.70. The number of nitrogens with one attached hydrogen (secondary N) is 1. The lowest BCUT2D eigenvalue weighted by Gasteiger charge is -2.22. The van der Waals surface area contributed by atoms with Crippen molar-refractivity contribution in [1.82, 2.24) is 5.32 Å². The summed E-state index contributed by atoms with van der Waals surface area (Å²) in [6, 6.07) is 8.45. The van der Waals surface area contributed by atoms with Gasteiger partial charge in [0, 0.05) is 0 Å². The lowest BCUT2D eigenvalue weighted by atomic mass is 9.98. The SMILES string of the molecule is CCC(C)C(N)C(=O)NC(CO)c1ccccc1. The molecule has 1 aromatic carbocycles. The van der Waals surface area contributed by atoms with Crippen LogP contribution in [0.5, 0.6) is 0 Å². The molecule has 0 bridgehead atoms. The van der Waals surface area contributed by atoms with Gasteiger partial charge in [0.05, 0.1) is 18.7 Å². The van der Waals surface area contributed by atoms with Crippen LogP contribution in [-0.2, 0) is 4.79 Å². The number of aliphatic hydroxyl groups is 1. The van der Waals surface area contributed by atoms with E-state index < -0.39 is 12.1 Å². The summed E-state index contributed by atoms with van der Waals surface area (Å²) < 4.78 is 0. The van der Waals surface area contributed by atoms with Gasteiger partial charge in [0.1, 0.15) is 0 Å². The van der Waals surface area contributed by atoms with E-state index in [1.807, 2.05) is 44.2 Å². The molecule has 0 aliphatic rings. The van der Waals surface area contributed by atoms with Gasteiger partial charge in [0.2, 0.25) is 5.91 Å². The van der Waals surface area contributed by atoms with Crippen molar-refractivity contribution in [3.63, 3.8) is 0 Å². The molecule has 0 heterocycles. The van der Waals surface area contributed by atoms with Crippen LogP contribution < -0.4 is 11.1 Å². The molecular formula is C14H22N2O2. The molecule has 3 unspecified atom stereocenters. The Morgan fingerprint density at radius 3 is 2.50 bits per heavy atom. The Bertz CT molecular complexity index is 367. The number of aliphatic hydroxyl groups excluding tert-OH is 1. The van der Waals surface area contributed by atoms with Crippen molar-refractivity contribution in [1.29, 1.82) is 0 Å². The minimum atomic E-state index is -0.534. The van der Waals surface area contributed by atoms with Crippen molar-refractivity contribution in [2.75, 3.05) is 6.61 Å². The van der Waals surface area contributed by atoms with Crippen molar-refractivity contribution in [3.8, 4) is 0 Å². The van der Waals surface area contributed by atoms with E-state index in [1.165, 1.54) is 0 Å². The summed E-state index contributed by atoms with van der Waals surface area (Å²) in [5, 5.41) is 12.1. The minimum absolute atomic E-state index is 0.125. The number of hydrogen-bond donors (Lipinski definition) is 3. The Morgan fingerprint density at radius 1 is 1.39 bits per heavy atom. The van der Waals surface area contributed by atoms with Crippen molar-refractivity contribution in [2.24, 2.45) is 11.7 Å². The van der Waals surface area contributed by atoms with Gasteiger partial charge in [0.15, 0.2) is 0 Å². The van der Waals surface area contributed by atoms with E-state index in [1.54, 1.807) is 0 Å². The van der Waals surface area contributed by atoms with Gasteiger partial charge in [-0.2, -0.15) is 0 Å². The van der Waals surface area contributed by atoms with Crippen LogP contribution in [0.1, 0.15) is 31.9 Å². The molecule has 0 aliphatic heterocycles. The molecule has 4 heteroatoms. The molecule has 4 nitrogen and oxygen atoms in total. The van der Waals surface area contributed by atoms with E-state index in [9.17, 15) is 9.90 Å². The number of nitrogens with two attached hydrogens (primary N) is 1. The molecule has 4 N–H and O–H groups in total. The van der Waals surface area contributed by atoms with E-state index in [-0.39, 0.29) is 18.4 Å². The maximum Gasteiger partial charge on any atom is 0.237 e. The molecule has 100 valence electrons. The van der Waals surface area contributed by atoms with Gasteiger partial charge >= 0.3 is 0 Å². The third-order valence-electron chi connectivity index (χ3n) is 3.26. The van der Waals surface area contributed by atoms with Crippen molar-refractivity contribution in [2.45, 2.75) is 32.4 Å². The maximum absolute atomic E-state index is 11.9. The Balaban J connectivity index is 2.67. The van der Waals surface area contributed by atoms with E-state index >= 15 is 0 Å². The fraction of sp³-hybridized carbons (Fsp3) is 0.500. The summed E-state index contributed by atoms with van der Waals surface area (Å²) in [7, 11) is 0. The smallest absolute Gasteiger partial charge is 0.237 e. The average Bonchev–Trinajstić information content (AvgIpc) is 2.43. The van der Waals surface area contributed by atoms with E-state index in [4.69, 9.17) is 5.73 Å². The number of benzene rings is 1. The van der Waals surface area contributed by atoms with Gasteiger partial charge < -0.3 is 16.2 Å². The van der Waals surface area contributed by atoms with E-state index in [0.29, 0.717) is 0 Å². The van der Waals surface area contributed by atoms with Crippen LogP contribution in [0, 0.1) is 5.92 Å². The van der Waals surface area contributed by atoms with Gasteiger partial charge in [-0.25, -0.2) is 0 Å². The quantitative estimate of drug-likeness (QED) is 0.710. The maximum atomic E-state index is 11.9. The Kier molecular flexibility index (Phi) is 5.82. The highest BCUT2D eigenvalue weighted by molar-refractivity contribution is 5.82. The monoisotopic (exact) mass is 250 g/mol. The molecule has 0 radical (unpaired) electrons. The summed E-state index contributed by atoms with van der Waals surface area (Å²) in [5.74, 6) is -0.0904. The lowest BCUT2D eigenvalue weighted by Crippen LogP contribution is -2.46. The average molecular weight is 250 g/mol. The largest absolute Gasteiger partial charge is 0.394 e. The number of hydrogen-bond acceptors (Lipinski definition) is 3. The minimum Gasteiger partial charge on any atom is -0.394 e. The van der Waals surface area contributed by atoms with Gasteiger partial charge in [0.25, 0.3) is 0 Å². The molecular weight excluding hydrogens is 228 g/mol. The number of amides is 1. The number of carbonyl (C=O) groups excluding carboxylic acids is 1. The van der Waals surface area contributed by atoms with Crippen LogP contribution >= 0.6 is 0 Å². The summed E-state index contributed by atoms with van der Waals surface area (Å²) in [5.41, 5.74) is 6.74. The molecule has 3 atom stereocenters. The second-order valence-electron chi connectivity index (χ2n) is 4.57. The second-order valence-corrected chi connectivity index (χ2v) is 4.57. The summed E-state index contributed by atoms with van der Waals surface area (Å²) in [6.45, 7) is 3.81. The van der Waals surface area contributed by atoms with E-state index in [0.717, 1.165) is 12.0 Å². The molecule has 0 aliphatic carbocycles. The molecule has 0 spiro atoms. The van der Waals surface area contributed by atoms with Crippen LogP contribution in [0.3, 0.4) is 0 Å². The molecule has 18 heavy (non-hydrogen) atoms. The van der Waals surface area contributed by atoms with Crippen molar-refractivity contribution in [3.05, 3.63) is 35.9 Å². The first kappa shape index (κ1) is 14.7. The Hall–Kier alpha value is -1.39. The third kappa shape index (κ3) is 3.82. The van der Waals surface area contributed by atoms with Crippen LogP contribution in [0.4, 0.5) is 0 Å². The van der Waals surface area contributed by atoms with Crippen LogP contribution in [0.15, 0.2) is 30.3 Å². The first-order chi connectivity index (χ1) is 8.60. The highest BCUT2D eigenvalue weighted by Gasteiger charge is 2.22. The number of carbonyl (C=O) groups is 1. The van der Waals surface area contributed by atoms with Crippen LogP contribution in [-0.4, -0.2) is 23.7 Å². The third-order valence-corrected chi connectivity index (χ3v) is 3.26. The molecule has 1 rings (SSSR count).